The van der Waals surface area contributed by atoms with Crippen LogP contribution in [0.4, 0.5) is 0 Å². The number of nitrogens with one attached hydrogen (secondary N) is 2. The van der Waals surface area contributed by atoms with Crippen LogP contribution in [0.2, 0.25) is 0 Å². The standard InChI is InChI=1S/C12H19N3O4S/c1-4-20(17,18)14-6-5-13-12(16)10-7-9(2)15-11(8-10)19-3/h7-8,14H,4-6H2,1-3H3,(H,13,16). The van der Waals surface area contributed by atoms with Gasteiger partial charge in [0.2, 0.25) is 15.9 Å². The number of hydrogen-bond acceptors (Lipinski definition) is 5. The smallest absolute Gasteiger partial charge is 0.251 e. The number of nitrogens with zero attached hydrogens (tertiary/aromatic N) is 1. The molecule has 0 unspecified atom stereocenters. The molecule has 1 aromatic rings. The lowest BCUT2D eigenvalue weighted by Gasteiger charge is -2.08. The fourth-order valence-electron chi connectivity index (χ4n) is 1.46. The molecule has 0 fully saturated rings. The minimum atomic E-state index is -3.23. The number of amides is 1. The Morgan fingerprint density at radius 2 is 2.05 bits per heavy atom. The molecule has 0 spiro atoms. The Labute approximate surface area is 118 Å². The third-order valence-corrected chi connectivity index (χ3v) is 3.92. The van der Waals surface area contributed by atoms with Gasteiger partial charge in [-0.1, -0.05) is 0 Å². The van der Waals surface area contributed by atoms with Gasteiger partial charge in [-0.05, 0) is 19.9 Å². The van der Waals surface area contributed by atoms with Gasteiger partial charge in [-0.3, -0.25) is 4.79 Å². The summed E-state index contributed by atoms with van der Waals surface area (Å²) in [5, 5.41) is 2.62. The predicted octanol–water partition coefficient (Wildman–Crippen LogP) is 0.0677. The molecule has 1 amide bonds. The highest BCUT2D eigenvalue weighted by molar-refractivity contribution is 7.89. The predicted molar refractivity (Wildman–Crippen MR) is 75.3 cm³/mol. The molecular formula is C12H19N3O4S. The zero-order chi connectivity index (χ0) is 15.2. The topological polar surface area (TPSA) is 97.4 Å². The van der Waals surface area contributed by atoms with Crippen molar-refractivity contribution in [3.8, 4) is 5.88 Å². The molecule has 1 heterocycles. The average molecular weight is 301 g/mol. The zero-order valence-electron chi connectivity index (χ0n) is 11.8. The second-order valence-electron chi connectivity index (χ2n) is 4.09. The van der Waals surface area contributed by atoms with E-state index >= 15 is 0 Å². The van der Waals surface area contributed by atoms with Gasteiger partial charge in [-0.2, -0.15) is 0 Å². The van der Waals surface area contributed by atoms with Gasteiger partial charge in [0.05, 0.1) is 12.9 Å². The monoisotopic (exact) mass is 301 g/mol. The van der Waals surface area contributed by atoms with Crippen LogP contribution in [0, 0.1) is 6.92 Å². The van der Waals surface area contributed by atoms with Crippen LogP contribution in [0.15, 0.2) is 12.1 Å². The first-order valence-corrected chi connectivity index (χ1v) is 7.81. The molecule has 0 atom stereocenters. The maximum absolute atomic E-state index is 11.9. The number of aromatic nitrogens is 1. The first kappa shape index (κ1) is 16.4. The summed E-state index contributed by atoms with van der Waals surface area (Å²) in [6.07, 6.45) is 0. The minimum Gasteiger partial charge on any atom is -0.481 e. The van der Waals surface area contributed by atoms with Gasteiger partial charge in [0.25, 0.3) is 5.91 Å². The molecule has 1 aromatic heterocycles. The Bertz CT molecular complexity index is 572. The van der Waals surface area contributed by atoms with E-state index in [1.807, 2.05) is 0 Å². The largest absolute Gasteiger partial charge is 0.481 e. The van der Waals surface area contributed by atoms with Gasteiger partial charge in [0.15, 0.2) is 0 Å². The van der Waals surface area contributed by atoms with Crippen molar-refractivity contribution in [1.82, 2.24) is 15.0 Å². The van der Waals surface area contributed by atoms with Gasteiger partial charge < -0.3 is 10.1 Å². The summed E-state index contributed by atoms with van der Waals surface area (Å²) in [6, 6.07) is 3.16. The Balaban J connectivity index is 2.53. The summed E-state index contributed by atoms with van der Waals surface area (Å²) in [6.45, 7) is 3.67. The molecule has 0 aromatic carbocycles. The quantitative estimate of drug-likeness (QED) is 0.695. The number of hydrogen-bond donors (Lipinski definition) is 2. The molecule has 0 bridgehead atoms. The molecular weight excluding hydrogens is 282 g/mol. The number of aryl methyl sites for hydroxylation is 1. The van der Waals surface area contributed by atoms with E-state index in [4.69, 9.17) is 4.74 Å². The normalized spacial score (nSPS) is 11.2. The number of carbonyl (C=O) groups is 1. The molecule has 1 rings (SSSR count). The lowest BCUT2D eigenvalue weighted by molar-refractivity contribution is 0.0953. The molecule has 8 heteroatoms. The average Bonchev–Trinajstić information content (AvgIpc) is 2.42. The fourth-order valence-corrected chi connectivity index (χ4v) is 2.08. The molecule has 112 valence electrons. The zero-order valence-corrected chi connectivity index (χ0v) is 12.6. The molecule has 0 radical (unpaired) electrons. The van der Waals surface area contributed by atoms with Crippen molar-refractivity contribution in [2.24, 2.45) is 0 Å². The number of rotatable bonds is 7. The van der Waals surface area contributed by atoms with E-state index in [9.17, 15) is 13.2 Å². The van der Waals surface area contributed by atoms with Crippen LogP contribution < -0.4 is 14.8 Å². The molecule has 0 aliphatic heterocycles. The molecule has 7 nitrogen and oxygen atoms in total. The summed E-state index contributed by atoms with van der Waals surface area (Å²) in [4.78, 5) is 16.0. The van der Waals surface area contributed by atoms with Crippen molar-refractivity contribution >= 4 is 15.9 Å². The first-order chi connectivity index (χ1) is 9.38. The van der Waals surface area contributed by atoms with Crippen LogP contribution in [0.1, 0.15) is 23.0 Å². The van der Waals surface area contributed by atoms with E-state index in [0.29, 0.717) is 17.1 Å². The SMILES string of the molecule is CCS(=O)(=O)NCCNC(=O)c1cc(C)nc(OC)c1. The highest BCUT2D eigenvalue weighted by Gasteiger charge is 2.09. The third kappa shape index (κ3) is 5.14. The van der Waals surface area contributed by atoms with Crippen LogP contribution in [0.5, 0.6) is 5.88 Å². The summed E-state index contributed by atoms with van der Waals surface area (Å²) >= 11 is 0. The Morgan fingerprint density at radius 3 is 2.65 bits per heavy atom. The van der Waals surface area contributed by atoms with Crippen LogP contribution in [-0.2, 0) is 10.0 Å². The summed E-state index contributed by atoms with van der Waals surface area (Å²) in [5.74, 6) is 0.0770. The summed E-state index contributed by atoms with van der Waals surface area (Å²) < 4.78 is 29.7. The van der Waals surface area contributed by atoms with Gasteiger partial charge >= 0.3 is 0 Å². The van der Waals surface area contributed by atoms with Crippen molar-refractivity contribution in [2.75, 3.05) is 26.0 Å². The second-order valence-corrected chi connectivity index (χ2v) is 6.19. The fraction of sp³-hybridized carbons (Fsp3) is 0.500. The van der Waals surface area contributed by atoms with Crippen LogP contribution >= 0.6 is 0 Å². The van der Waals surface area contributed by atoms with Gasteiger partial charge in [-0.25, -0.2) is 18.1 Å². The number of ether oxygens (including phenoxy) is 1. The molecule has 20 heavy (non-hydrogen) atoms. The Hall–Kier alpha value is -1.67. The summed E-state index contributed by atoms with van der Waals surface area (Å²) in [7, 11) is -1.76. The lowest BCUT2D eigenvalue weighted by Crippen LogP contribution is -2.35. The maximum atomic E-state index is 11.9. The van der Waals surface area contributed by atoms with E-state index in [0.717, 1.165) is 0 Å². The molecule has 0 saturated heterocycles. The number of carbonyl (C=O) groups excluding carboxylic acids is 1. The van der Waals surface area contributed by atoms with Gasteiger partial charge in [0.1, 0.15) is 0 Å². The van der Waals surface area contributed by atoms with E-state index in [1.165, 1.54) is 13.2 Å². The van der Waals surface area contributed by atoms with Crippen molar-refractivity contribution < 1.29 is 17.9 Å². The van der Waals surface area contributed by atoms with Gasteiger partial charge in [-0.15, -0.1) is 0 Å². The Morgan fingerprint density at radius 1 is 1.35 bits per heavy atom. The van der Waals surface area contributed by atoms with Crippen LogP contribution in [0.3, 0.4) is 0 Å². The molecule has 0 aliphatic rings. The van der Waals surface area contributed by atoms with Crippen LogP contribution in [-0.4, -0.2) is 45.3 Å². The maximum Gasteiger partial charge on any atom is 0.251 e. The number of sulfonamides is 1. The number of pyridine rings is 1. The Kier molecular flexibility index (Phi) is 5.90. The lowest BCUT2D eigenvalue weighted by atomic mass is 10.2. The molecule has 2 N–H and O–H groups in total. The van der Waals surface area contributed by atoms with Crippen molar-refractivity contribution in [3.63, 3.8) is 0 Å². The van der Waals surface area contributed by atoms with Crippen molar-refractivity contribution in [1.29, 1.82) is 0 Å². The van der Waals surface area contributed by atoms with E-state index in [1.54, 1.807) is 19.9 Å². The minimum absolute atomic E-state index is 0.0156. The van der Waals surface area contributed by atoms with Crippen LogP contribution in [0.25, 0.3) is 0 Å². The van der Waals surface area contributed by atoms with Crippen molar-refractivity contribution in [2.45, 2.75) is 13.8 Å². The molecule has 0 aliphatic carbocycles. The van der Waals surface area contributed by atoms with Gasteiger partial charge in [0, 0.05) is 30.4 Å². The van der Waals surface area contributed by atoms with E-state index in [2.05, 4.69) is 15.0 Å². The highest BCUT2D eigenvalue weighted by Crippen LogP contribution is 2.11. The van der Waals surface area contributed by atoms with E-state index < -0.39 is 10.0 Å². The third-order valence-electron chi connectivity index (χ3n) is 2.51. The number of methoxy groups -OCH3 is 1. The highest BCUT2D eigenvalue weighted by atomic mass is 32.2. The second kappa shape index (κ2) is 7.20. The summed E-state index contributed by atoms with van der Waals surface area (Å²) in [5.41, 5.74) is 1.09. The molecule has 0 saturated carbocycles. The van der Waals surface area contributed by atoms with Crippen molar-refractivity contribution in [3.05, 3.63) is 23.4 Å². The first-order valence-electron chi connectivity index (χ1n) is 6.16. The van der Waals surface area contributed by atoms with E-state index in [-0.39, 0.29) is 24.7 Å².